The van der Waals surface area contributed by atoms with Gasteiger partial charge in [-0.15, -0.1) is 12.4 Å². The molecule has 1 aromatic carbocycles. The molecule has 1 heterocycles. The van der Waals surface area contributed by atoms with E-state index in [2.05, 4.69) is 10.6 Å². The molecule has 0 bridgehead atoms. The number of hydrogen-bond acceptors (Lipinski definition) is 2. The third-order valence-corrected chi connectivity index (χ3v) is 3.73. The van der Waals surface area contributed by atoms with E-state index in [-0.39, 0.29) is 30.4 Å². The van der Waals surface area contributed by atoms with E-state index in [1.165, 1.54) is 0 Å². The van der Waals surface area contributed by atoms with Crippen molar-refractivity contribution in [3.8, 4) is 0 Å². The standard InChI is InChI=1S/C13H16Cl2N2O.ClH/c1-8(10-5-4-9(14)7-11(10)15)17-13(18)12-3-2-6-16-12;/h4-5,7-8,12,16H,2-3,6H2,1H3,(H,17,18);1H. The summed E-state index contributed by atoms with van der Waals surface area (Å²) in [7, 11) is 0. The summed E-state index contributed by atoms with van der Waals surface area (Å²) in [5.74, 6) is 0.0333. The van der Waals surface area contributed by atoms with Crippen molar-refractivity contribution in [3.63, 3.8) is 0 Å². The van der Waals surface area contributed by atoms with E-state index in [1.807, 2.05) is 13.0 Å². The summed E-state index contributed by atoms with van der Waals surface area (Å²) in [6.07, 6.45) is 1.95. The van der Waals surface area contributed by atoms with Gasteiger partial charge < -0.3 is 10.6 Å². The lowest BCUT2D eigenvalue weighted by Gasteiger charge is -2.18. The molecule has 19 heavy (non-hydrogen) atoms. The van der Waals surface area contributed by atoms with Gasteiger partial charge >= 0.3 is 0 Å². The maximum Gasteiger partial charge on any atom is 0.237 e. The summed E-state index contributed by atoms with van der Waals surface area (Å²) in [5.41, 5.74) is 0.882. The van der Waals surface area contributed by atoms with Gasteiger partial charge in [-0.1, -0.05) is 29.3 Å². The molecule has 1 saturated heterocycles. The lowest BCUT2D eigenvalue weighted by atomic mass is 10.1. The Morgan fingerprint density at radius 1 is 1.47 bits per heavy atom. The van der Waals surface area contributed by atoms with Crippen molar-refractivity contribution in [2.45, 2.75) is 31.8 Å². The average Bonchev–Trinajstić information content (AvgIpc) is 2.81. The molecule has 3 nitrogen and oxygen atoms in total. The summed E-state index contributed by atoms with van der Waals surface area (Å²) in [5, 5.41) is 7.32. The molecule has 0 radical (unpaired) electrons. The maximum absolute atomic E-state index is 12.0. The van der Waals surface area contributed by atoms with Crippen molar-refractivity contribution in [1.29, 1.82) is 0 Å². The van der Waals surface area contributed by atoms with Gasteiger partial charge in [0.15, 0.2) is 0 Å². The highest BCUT2D eigenvalue weighted by Crippen LogP contribution is 2.26. The van der Waals surface area contributed by atoms with Crippen LogP contribution < -0.4 is 10.6 Å². The van der Waals surface area contributed by atoms with Gasteiger partial charge in [0.2, 0.25) is 5.91 Å². The first-order valence-corrected chi connectivity index (χ1v) is 6.82. The van der Waals surface area contributed by atoms with Crippen LogP contribution in [0.5, 0.6) is 0 Å². The molecule has 1 aliphatic heterocycles. The van der Waals surface area contributed by atoms with Crippen LogP contribution in [0.25, 0.3) is 0 Å². The van der Waals surface area contributed by atoms with Crippen LogP contribution in [0.4, 0.5) is 0 Å². The van der Waals surface area contributed by atoms with Gasteiger partial charge in [-0.2, -0.15) is 0 Å². The molecular formula is C13H17Cl3N2O. The number of benzene rings is 1. The number of halogens is 3. The SMILES string of the molecule is CC(NC(=O)C1CCCN1)c1ccc(Cl)cc1Cl.Cl. The molecule has 6 heteroatoms. The van der Waals surface area contributed by atoms with Gasteiger partial charge in [-0.25, -0.2) is 0 Å². The highest BCUT2D eigenvalue weighted by molar-refractivity contribution is 6.35. The predicted molar refractivity (Wildman–Crippen MR) is 81.3 cm³/mol. The van der Waals surface area contributed by atoms with Crippen LogP contribution in [0.15, 0.2) is 18.2 Å². The molecule has 2 unspecified atom stereocenters. The summed E-state index contributed by atoms with van der Waals surface area (Å²) < 4.78 is 0. The lowest BCUT2D eigenvalue weighted by Crippen LogP contribution is -2.41. The van der Waals surface area contributed by atoms with Crippen molar-refractivity contribution in [3.05, 3.63) is 33.8 Å². The molecule has 106 valence electrons. The lowest BCUT2D eigenvalue weighted by molar-refractivity contribution is -0.123. The van der Waals surface area contributed by atoms with Crippen LogP contribution in [-0.4, -0.2) is 18.5 Å². The fourth-order valence-electron chi connectivity index (χ4n) is 2.15. The molecule has 0 spiro atoms. The molecule has 1 aromatic rings. The van der Waals surface area contributed by atoms with Crippen LogP contribution in [0, 0.1) is 0 Å². The van der Waals surface area contributed by atoms with Crippen molar-refractivity contribution in [2.24, 2.45) is 0 Å². The van der Waals surface area contributed by atoms with Gasteiger partial charge in [0.05, 0.1) is 12.1 Å². The van der Waals surface area contributed by atoms with Gasteiger partial charge in [-0.3, -0.25) is 4.79 Å². The van der Waals surface area contributed by atoms with Crippen molar-refractivity contribution in [2.75, 3.05) is 6.54 Å². The van der Waals surface area contributed by atoms with Gasteiger partial charge in [0.25, 0.3) is 0 Å². The Kier molecular flexibility index (Phi) is 6.40. The number of amides is 1. The zero-order valence-corrected chi connectivity index (χ0v) is 12.9. The molecule has 0 saturated carbocycles. The zero-order valence-electron chi connectivity index (χ0n) is 10.6. The first-order valence-electron chi connectivity index (χ1n) is 6.06. The Labute approximate surface area is 129 Å². The summed E-state index contributed by atoms with van der Waals surface area (Å²) in [6.45, 7) is 2.83. The Balaban J connectivity index is 0.00000180. The molecule has 2 N–H and O–H groups in total. The number of carbonyl (C=O) groups is 1. The van der Waals surface area contributed by atoms with Crippen LogP contribution in [0.1, 0.15) is 31.4 Å². The number of rotatable bonds is 3. The van der Waals surface area contributed by atoms with E-state index >= 15 is 0 Å². The molecule has 0 aliphatic carbocycles. The number of hydrogen-bond donors (Lipinski definition) is 2. The molecule has 2 rings (SSSR count). The fourth-order valence-corrected chi connectivity index (χ4v) is 2.72. The monoisotopic (exact) mass is 322 g/mol. The number of carbonyl (C=O) groups excluding carboxylic acids is 1. The molecular weight excluding hydrogens is 307 g/mol. The summed E-state index contributed by atoms with van der Waals surface area (Å²) in [4.78, 5) is 12.0. The van der Waals surface area contributed by atoms with Gasteiger partial charge in [0, 0.05) is 10.0 Å². The second-order valence-electron chi connectivity index (χ2n) is 4.55. The molecule has 1 aliphatic rings. The fraction of sp³-hybridized carbons (Fsp3) is 0.462. The third-order valence-electron chi connectivity index (χ3n) is 3.16. The summed E-state index contributed by atoms with van der Waals surface area (Å²) in [6, 6.07) is 5.12. The van der Waals surface area contributed by atoms with E-state index in [9.17, 15) is 4.79 Å². The third kappa shape index (κ3) is 4.25. The van der Waals surface area contributed by atoms with E-state index in [0.29, 0.717) is 10.0 Å². The zero-order chi connectivity index (χ0) is 13.1. The average molecular weight is 324 g/mol. The van der Waals surface area contributed by atoms with Gasteiger partial charge in [-0.05, 0) is 44.0 Å². The normalized spacial score (nSPS) is 19.6. The van der Waals surface area contributed by atoms with Crippen molar-refractivity contribution >= 4 is 41.5 Å². The molecule has 1 amide bonds. The van der Waals surface area contributed by atoms with Crippen molar-refractivity contribution in [1.82, 2.24) is 10.6 Å². The predicted octanol–water partition coefficient (Wildman–Crippen LogP) is 3.34. The molecule has 1 fully saturated rings. The number of nitrogens with one attached hydrogen (secondary N) is 2. The van der Waals surface area contributed by atoms with Crippen molar-refractivity contribution < 1.29 is 4.79 Å². The van der Waals surface area contributed by atoms with E-state index in [1.54, 1.807) is 12.1 Å². The largest absolute Gasteiger partial charge is 0.348 e. The topological polar surface area (TPSA) is 41.1 Å². The Hall–Kier alpha value is -0.480. The minimum absolute atomic E-state index is 0. The van der Waals surface area contributed by atoms with Crippen LogP contribution in [0.3, 0.4) is 0 Å². The Morgan fingerprint density at radius 3 is 2.79 bits per heavy atom. The minimum Gasteiger partial charge on any atom is -0.348 e. The van der Waals surface area contributed by atoms with Crippen LogP contribution in [0.2, 0.25) is 10.0 Å². The smallest absolute Gasteiger partial charge is 0.237 e. The van der Waals surface area contributed by atoms with E-state index in [4.69, 9.17) is 23.2 Å². The second kappa shape index (κ2) is 7.34. The Morgan fingerprint density at radius 2 is 2.21 bits per heavy atom. The highest BCUT2D eigenvalue weighted by atomic mass is 35.5. The Bertz CT molecular complexity index is 448. The van der Waals surface area contributed by atoms with E-state index < -0.39 is 0 Å². The molecule has 0 aromatic heterocycles. The van der Waals surface area contributed by atoms with Gasteiger partial charge in [0.1, 0.15) is 0 Å². The highest BCUT2D eigenvalue weighted by Gasteiger charge is 2.23. The van der Waals surface area contributed by atoms with E-state index in [0.717, 1.165) is 24.9 Å². The quantitative estimate of drug-likeness (QED) is 0.895. The van der Waals surface area contributed by atoms with Crippen LogP contribution in [-0.2, 0) is 4.79 Å². The first kappa shape index (κ1) is 16.6. The second-order valence-corrected chi connectivity index (χ2v) is 5.39. The van der Waals surface area contributed by atoms with Crippen LogP contribution >= 0.6 is 35.6 Å². The molecule has 2 atom stereocenters. The first-order chi connectivity index (χ1) is 8.58. The maximum atomic E-state index is 12.0. The summed E-state index contributed by atoms with van der Waals surface area (Å²) >= 11 is 12.0. The minimum atomic E-state index is -0.121.